The molecule has 27 heavy (non-hydrogen) atoms. The molecule has 2 aromatic heterocycles. The molecule has 0 aliphatic carbocycles. The van der Waals surface area contributed by atoms with E-state index < -0.39 is 4.92 Å². The average Bonchev–Trinajstić information content (AvgIpc) is 3.22. The largest absolute Gasteiger partial charge is 0.308 e. The van der Waals surface area contributed by atoms with Crippen molar-refractivity contribution >= 4 is 44.9 Å². The fraction of sp³-hybridized carbons (Fsp3) is 0.188. The Labute approximate surface area is 167 Å². The van der Waals surface area contributed by atoms with E-state index in [1.807, 2.05) is 12.1 Å². The lowest BCUT2D eigenvalue weighted by Gasteiger charge is -2.04. The lowest BCUT2D eigenvalue weighted by molar-refractivity contribution is -0.385. The molecule has 0 fully saturated rings. The highest BCUT2D eigenvalue weighted by atomic mass is 79.9. The van der Waals surface area contributed by atoms with Crippen molar-refractivity contribution in [2.45, 2.75) is 19.5 Å². The Bertz CT molecular complexity index is 969. The summed E-state index contributed by atoms with van der Waals surface area (Å²) in [5.41, 5.74) is 0.909. The molecular weight excluding hydrogens is 440 g/mol. The number of nitrogens with zero attached hydrogens (tertiary/aromatic N) is 5. The molecule has 0 unspecified atom stereocenters. The van der Waals surface area contributed by atoms with Gasteiger partial charge in [-0.1, -0.05) is 23.7 Å². The van der Waals surface area contributed by atoms with Gasteiger partial charge in [0.2, 0.25) is 5.91 Å². The van der Waals surface area contributed by atoms with Gasteiger partial charge in [0.25, 0.3) is 0 Å². The SMILES string of the molecule is O=C(CCn1cc([N+](=O)[O-])cn1)Nc1nn(Cc2ccc(Cl)cc2)cc1Br. The fourth-order valence-corrected chi connectivity index (χ4v) is 2.86. The highest BCUT2D eigenvalue weighted by Crippen LogP contribution is 2.21. The predicted octanol–water partition coefficient (Wildman–Crippen LogP) is 3.48. The van der Waals surface area contributed by atoms with Crippen molar-refractivity contribution < 1.29 is 9.72 Å². The van der Waals surface area contributed by atoms with Gasteiger partial charge in [-0.3, -0.25) is 24.3 Å². The third-order valence-electron chi connectivity index (χ3n) is 3.63. The van der Waals surface area contributed by atoms with Crippen molar-refractivity contribution in [3.63, 3.8) is 0 Å². The number of nitrogens with one attached hydrogen (secondary N) is 1. The van der Waals surface area contributed by atoms with Crippen LogP contribution in [0.4, 0.5) is 11.5 Å². The summed E-state index contributed by atoms with van der Waals surface area (Å²) in [5, 5.41) is 22.2. The van der Waals surface area contributed by atoms with E-state index in [1.165, 1.54) is 10.9 Å². The van der Waals surface area contributed by atoms with E-state index in [9.17, 15) is 14.9 Å². The Kier molecular flexibility index (Phi) is 5.87. The number of carbonyl (C=O) groups excluding carboxylic acids is 1. The molecule has 0 saturated carbocycles. The third kappa shape index (κ3) is 5.14. The number of aryl methyl sites for hydroxylation is 1. The van der Waals surface area contributed by atoms with Crippen LogP contribution in [0.3, 0.4) is 0 Å². The third-order valence-corrected chi connectivity index (χ3v) is 4.46. The molecule has 9 nitrogen and oxygen atoms in total. The van der Waals surface area contributed by atoms with E-state index in [-0.39, 0.29) is 24.6 Å². The number of hydrogen-bond acceptors (Lipinski definition) is 5. The van der Waals surface area contributed by atoms with Gasteiger partial charge >= 0.3 is 5.69 Å². The molecule has 0 saturated heterocycles. The first-order valence-corrected chi connectivity index (χ1v) is 9.02. The zero-order chi connectivity index (χ0) is 19.4. The molecule has 0 atom stereocenters. The van der Waals surface area contributed by atoms with Crippen molar-refractivity contribution in [1.82, 2.24) is 19.6 Å². The summed E-state index contributed by atoms with van der Waals surface area (Å²) < 4.78 is 3.70. The minimum atomic E-state index is -0.534. The summed E-state index contributed by atoms with van der Waals surface area (Å²) >= 11 is 9.25. The highest BCUT2D eigenvalue weighted by Gasteiger charge is 2.13. The van der Waals surface area contributed by atoms with E-state index in [0.29, 0.717) is 21.9 Å². The maximum absolute atomic E-state index is 12.1. The Morgan fingerprint density at radius 3 is 2.67 bits per heavy atom. The van der Waals surface area contributed by atoms with E-state index in [1.54, 1.807) is 23.0 Å². The van der Waals surface area contributed by atoms with Gasteiger partial charge in [-0.05, 0) is 33.6 Å². The van der Waals surface area contributed by atoms with Gasteiger partial charge in [0.15, 0.2) is 5.82 Å². The molecule has 0 radical (unpaired) electrons. The van der Waals surface area contributed by atoms with Crippen molar-refractivity contribution in [3.05, 3.63) is 68.0 Å². The van der Waals surface area contributed by atoms with Crippen LogP contribution in [0.1, 0.15) is 12.0 Å². The molecular formula is C16H14BrClN6O3. The van der Waals surface area contributed by atoms with Gasteiger partial charge in [0, 0.05) is 24.2 Å². The maximum Gasteiger partial charge on any atom is 0.306 e. The zero-order valence-electron chi connectivity index (χ0n) is 13.9. The zero-order valence-corrected chi connectivity index (χ0v) is 16.2. The molecule has 1 N–H and O–H groups in total. The number of halogens is 2. The summed E-state index contributed by atoms with van der Waals surface area (Å²) in [6, 6.07) is 7.41. The Morgan fingerprint density at radius 1 is 1.26 bits per heavy atom. The number of hydrogen-bond donors (Lipinski definition) is 1. The molecule has 0 bridgehead atoms. The minimum Gasteiger partial charge on any atom is -0.308 e. The Morgan fingerprint density at radius 2 is 2.00 bits per heavy atom. The van der Waals surface area contributed by atoms with Crippen LogP contribution in [-0.2, 0) is 17.9 Å². The maximum atomic E-state index is 12.1. The molecule has 140 valence electrons. The van der Waals surface area contributed by atoms with Crippen LogP contribution in [0.2, 0.25) is 5.02 Å². The molecule has 11 heteroatoms. The monoisotopic (exact) mass is 452 g/mol. The van der Waals surface area contributed by atoms with Gasteiger partial charge in [-0.2, -0.15) is 10.2 Å². The van der Waals surface area contributed by atoms with Gasteiger partial charge in [-0.25, -0.2) is 0 Å². The van der Waals surface area contributed by atoms with Crippen molar-refractivity contribution in [2.75, 3.05) is 5.32 Å². The van der Waals surface area contributed by atoms with E-state index in [2.05, 4.69) is 31.4 Å². The van der Waals surface area contributed by atoms with Crippen molar-refractivity contribution in [1.29, 1.82) is 0 Å². The predicted molar refractivity (Wildman–Crippen MR) is 103 cm³/mol. The lowest BCUT2D eigenvalue weighted by Crippen LogP contribution is -2.15. The Balaban J connectivity index is 1.56. The van der Waals surface area contributed by atoms with Gasteiger partial charge in [0.05, 0.1) is 15.9 Å². The summed E-state index contributed by atoms with van der Waals surface area (Å²) in [6.45, 7) is 0.755. The number of rotatable bonds is 7. The number of nitro groups is 1. The minimum absolute atomic E-state index is 0.106. The summed E-state index contributed by atoms with van der Waals surface area (Å²) in [7, 11) is 0. The molecule has 3 aromatic rings. The Hall–Kier alpha value is -2.72. The van der Waals surface area contributed by atoms with Crippen molar-refractivity contribution in [2.24, 2.45) is 0 Å². The number of amides is 1. The lowest BCUT2D eigenvalue weighted by atomic mass is 10.2. The standard InChI is InChI=1S/C16H14BrClN6O3/c17-14-10-23(8-11-1-3-12(18)4-2-11)21-16(14)20-15(25)5-6-22-9-13(7-19-22)24(26)27/h1-4,7,9-10H,5-6,8H2,(H,20,21,25). The summed E-state index contributed by atoms with van der Waals surface area (Å²) in [4.78, 5) is 22.2. The topological polar surface area (TPSA) is 108 Å². The molecule has 0 aliphatic rings. The molecule has 2 heterocycles. The van der Waals surface area contributed by atoms with E-state index in [0.717, 1.165) is 11.8 Å². The van der Waals surface area contributed by atoms with Crippen molar-refractivity contribution in [3.8, 4) is 0 Å². The van der Waals surface area contributed by atoms with Crippen LogP contribution in [0.15, 0.2) is 47.3 Å². The molecule has 0 spiro atoms. The van der Waals surface area contributed by atoms with Crippen LogP contribution in [-0.4, -0.2) is 30.4 Å². The van der Waals surface area contributed by atoms with Crippen LogP contribution < -0.4 is 5.32 Å². The molecule has 3 rings (SSSR count). The summed E-state index contributed by atoms with van der Waals surface area (Å²) in [5.74, 6) is 0.131. The van der Waals surface area contributed by atoms with Gasteiger partial charge < -0.3 is 5.32 Å². The van der Waals surface area contributed by atoms with Gasteiger partial charge in [-0.15, -0.1) is 0 Å². The van der Waals surface area contributed by atoms with E-state index in [4.69, 9.17) is 11.6 Å². The average molecular weight is 454 g/mol. The quantitative estimate of drug-likeness (QED) is 0.435. The summed E-state index contributed by atoms with van der Waals surface area (Å²) in [6.07, 6.45) is 4.30. The first-order chi connectivity index (χ1) is 12.9. The second-order valence-electron chi connectivity index (χ2n) is 5.67. The van der Waals surface area contributed by atoms with Crippen LogP contribution in [0.5, 0.6) is 0 Å². The number of benzene rings is 1. The molecule has 1 aromatic carbocycles. The van der Waals surface area contributed by atoms with E-state index >= 15 is 0 Å². The number of carbonyl (C=O) groups is 1. The normalized spacial score (nSPS) is 10.7. The number of anilines is 1. The van der Waals surface area contributed by atoms with Crippen LogP contribution >= 0.6 is 27.5 Å². The molecule has 1 amide bonds. The smallest absolute Gasteiger partial charge is 0.306 e. The number of aromatic nitrogens is 4. The fourth-order valence-electron chi connectivity index (χ4n) is 2.32. The highest BCUT2D eigenvalue weighted by molar-refractivity contribution is 9.10. The van der Waals surface area contributed by atoms with Crippen LogP contribution in [0.25, 0.3) is 0 Å². The first kappa shape index (κ1) is 19.1. The van der Waals surface area contributed by atoms with Crippen LogP contribution in [0, 0.1) is 10.1 Å². The molecule has 0 aliphatic heterocycles. The second-order valence-corrected chi connectivity index (χ2v) is 6.96. The first-order valence-electron chi connectivity index (χ1n) is 7.85. The van der Waals surface area contributed by atoms with Gasteiger partial charge in [0.1, 0.15) is 12.4 Å². The second kappa shape index (κ2) is 8.31.